The molecule has 3 nitrogen and oxygen atoms in total. The number of rotatable bonds is 4. The molecule has 3 aromatic carbocycles. The van der Waals surface area contributed by atoms with Crippen molar-refractivity contribution in [2.75, 3.05) is 0 Å². The van der Waals surface area contributed by atoms with Crippen molar-refractivity contribution in [3.63, 3.8) is 0 Å². The van der Waals surface area contributed by atoms with Gasteiger partial charge in [0.25, 0.3) is 5.24 Å². The maximum atomic E-state index is 11.5. The van der Waals surface area contributed by atoms with Crippen LogP contribution in [0.4, 0.5) is 0 Å². The maximum Gasteiger partial charge on any atom is 0.252 e. The average molecular weight is 360 g/mol. The van der Waals surface area contributed by atoms with Crippen LogP contribution >= 0.6 is 11.6 Å². The van der Waals surface area contributed by atoms with Crippen LogP contribution in [0, 0.1) is 0 Å². The monoisotopic (exact) mass is 359 g/mol. The van der Waals surface area contributed by atoms with Crippen molar-refractivity contribution in [1.29, 1.82) is 0 Å². The van der Waals surface area contributed by atoms with Crippen LogP contribution in [0.25, 0.3) is 34.0 Å². The summed E-state index contributed by atoms with van der Waals surface area (Å²) >= 11 is 5.60. The molecule has 0 radical (unpaired) electrons. The quantitative estimate of drug-likeness (QED) is 0.416. The van der Waals surface area contributed by atoms with Crippen LogP contribution in [-0.4, -0.2) is 10.2 Å². The summed E-state index contributed by atoms with van der Waals surface area (Å²) in [7, 11) is 0. The highest BCUT2D eigenvalue weighted by atomic mass is 35.5. The number of hydrogen-bond donors (Lipinski definition) is 0. The number of oxazole rings is 1. The molecule has 126 valence electrons. The Morgan fingerprint density at radius 3 is 2.04 bits per heavy atom. The summed E-state index contributed by atoms with van der Waals surface area (Å²) in [4.78, 5) is 16.2. The van der Waals surface area contributed by atoms with Crippen LogP contribution in [0.3, 0.4) is 0 Å². The van der Waals surface area contributed by atoms with E-state index in [4.69, 9.17) is 21.0 Å². The van der Waals surface area contributed by atoms with Gasteiger partial charge in [-0.25, -0.2) is 4.98 Å². The predicted molar refractivity (Wildman–Crippen MR) is 103 cm³/mol. The normalized spacial score (nSPS) is 10.7. The molecule has 0 aliphatic carbocycles. The summed E-state index contributed by atoms with van der Waals surface area (Å²) in [6, 6.07) is 26.7. The van der Waals surface area contributed by atoms with E-state index in [-0.39, 0.29) is 0 Å². The van der Waals surface area contributed by atoms with Gasteiger partial charge in [0.05, 0.1) is 0 Å². The molecule has 0 aliphatic rings. The van der Waals surface area contributed by atoms with Gasteiger partial charge in [-0.3, -0.25) is 4.79 Å². The zero-order chi connectivity index (χ0) is 17.9. The molecule has 0 saturated carbocycles. The standard InChI is InChI=1S/C22H14ClNO2/c23-21(25)17-12-7-13-18(14-17)22-24-19(15-8-3-1-4-9-15)20(26-22)16-10-5-2-6-11-16/h1-14H. The lowest BCUT2D eigenvalue weighted by atomic mass is 10.1. The van der Waals surface area contributed by atoms with E-state index in [0.29, 0.717) is 22.8 Å². The summed E-state index contributed by atoms with van der Waals surface area (Å²) in [5.41, 5.74) is 3.77. The number of benzene rings is 3. The Balaban J connectivity index is 1.89. The van der Waals surface area contributed by atoms with Gasteiger partial charge in [-0.1, -0.05) is 72.8 Å². The second-order valence-electron chi connectivity index (χ2n) is 5.78. The van der Waals surface area contributed by atoms with E-state index in [0.717, 1.165) is 16.8 Å². The van der Waals surface area contributed by atoms with E-state index in [1.54, 1.807) is 18.2 Å². The summed E-state index contributed by atoms with van der Waals surface area (Å²) in [6.45, 7) is 0. The third kappa shape index (κ3) is 3.17. The lowest BCUT2D eigenvalue weighted by molar-refractivity contribution is 0.108. The van der Waals surface area contributed by atoms with E-state index in [9.17, 15) is 4.79 Å². The van der Waals surface area contributed by atoms with Gasteiger partial charge in [0.2, 0.25) is 5.89 Å². The number of aromatic nitrogens is 1. The van der Waals surface area contributed by atoms with Gasteiger partial charge in [-0.2, -0.15) is 0 Å². The number of hydrogen-bond acceptors (Lipinski definition) is 3. The zero-order valence-corrected chi connectivity index (χ0v) is 14.5. The number of carbonyl (C=O) groups is 1. The average Bonchev–Trinajstić information content (AvgIpc) is 3.15. The molecule has 4 rings (SSSR count). The first-order chi connectivity index (χ1) is 12.7. The van der Waals surface area contributed by atoms with Crippen LogP contribution in [0.5, 0.6) is 0 Å². The molecule has 1 aromatic heterocycles. The first kappa shape index (κ1) is 16.3. The van der Waals surface area contributed by atoms with Crippen molar-refractivity contribution >= 4 is 16.8 Å². The van der Waals surface area contributed by atoms with Crippen LogP contribution in [0.2, 0.25) is 0 Å². The predicted octanol–water partition coefficient (Wildman–Crippen LogP) is 6.05. The van der Waals surface area contributed by atoms with Crippen LogP contribution in [0.1, 0.15) is 10.4 Å². The minimum absolute atomic E-state index is 0.407. The number of nitrogens with zero attached hydrogens (tertiary/aromatic N) is 1. The Morgan fingerprint density at radius 2 is 1.38 bits per heavy atom. The van der Waals surface area contributed by atoms with Crippen LogP contribution < -0.4 is 0 Å². The van der Waals surface area contributed by atoms with Gasteiger partial charge in [-0.15, -0.1) is 0 Å². The van der Waals surface area contributed by atoms with Gasteiger partial charge in [0.1, 0.15) is 5.69 Å². The molecule has 1 heterocycles. The number of halogens is 1. The van der Waals surface area contributed by atoms with E-state index in [1.165, 1.54) is 0 Å². The van der Waals surface area contributed by atoms with Crippen molar-refractivity contribution in [3.8, 4) is 34.0 Å². The second-order valence-corrected chi connectivity index (χ2v) is 6.13. The molecule has 0 fully saturated rings. The molecule has 0 aliphatic heterocycles. The van der Waals surface area contributed by atoms with Crippen molar-refractivity contribution in [2.24, 2.45) is 0 Å². The second kappa shape index (κ2) is 6.98. The molecule has 0 unspecified atom stereocenters. The fourth-order valence-electron chi connectivity index (χ4n) is 2.79. The molecule has 0 N–H and O–H groups in total. The van der Waals surface area contributed by atoms with Crippen molar-refractivity contribution in [1.82, 2.24) is 4.98 Å². The SMILES string of the molecule is O=C(Cl)c1cccc(-c2nc(-c3ccccc3)c(-c3ccccc3)o2)c1. The largest absolute Gasteiger partial charge is 0.435 e. The van der Waals surface area contributed by atoms with Gasteiger partial charge >= 0.3 is 0 Å². The Labute approximate surface area is 155 Å². The third-order valence-corrected chi connectivity index (χ3v) is 4.27. The summed E-state index contributed by atoms with van der Waals surface area (Å²) in [6.07, 6.45) is 0. The Kier molecular flexibility index (Phi) is 4.38. The van der Waals surface area contributed by atoms with E-state index >= 15 is 0 Å². The first-order valence-corrected chi connectivity index (χ1v) is 8.52. The van der Waals surface area contributed by atoms with E-state index in [1.807, 2.05) is 66.7 Å². The minimum Gasteiger partial charge on any atom is -0.435 e. The highest BCUT2D eigenvalue weighted by Gasteiger charge is 2.18. The highest BCUT2D eigenvalue weighted by Crippen LogP contribution is 2.36. The molecular weight excluding hydrogens is 346 g/mol. The summed E-state index contributed by atoms with van der Waals surface area (Å²) in [5.74, 6) is 1.14. The fourth-order valence-corrected chi connectivity index (χ4v) is 2.91. The lowest BCUT2D eigenvalue weighted by Gasteiger charge is -2.00. The molecule has 4 heteroatoms. The molecule has 26 heavy (non-hydrogen) atoms. The van der Waals surface area contributed by atoms with Crippen molar-refractivity contribution in [3.05, 3.63) is 90.5 Å². The molecule has 0 bridgehead atoms. The van der Waals surface area contributed by atoms with Gasteiger partial charge in [-0.05, 0) is 23.7 Å². The molecular formula is C22H14ClNO2. The lowest BCUT2D eigenvalue weighted by Crippen LogP contribution is -1.89. The van der Waals surface area contributed by atoms with Crippen molar-refractivity contribution in [2.45, 2.75) is 0 Å². The fraction of sp³-hybridized carbons (Fsp3) is 0. The Morgan fingerprint density at radius 1 is 0.769 bits per heavy atom. The number of carbonyl (C=O) groups excluding carboxylic acids is 1. The molecule has 0 amide bonds. The van der Waals surface area contributed by atoms with Crippen LogP contribution in [0.15, 0.2) is 89.3 Å². The van der Waals surface area contributed by atoms with E-state index in [2.05, 4.69) is 0 Å². The molecule has 4 aromatic rings. The van der Waals surface area contributed by atoms with Gasteiger partial charge < -0.3 is 4.42 Å². The van der Waals surface area contributed by atoms with Crippen molar-refractivity contribution < 1.29 is 9.21 Å². The first-order valence-electron chi connectivity index (χ1n) is 8.14. The zero-order valence-electron chi connectivity index (χ0n) is 13.7. The minimum atomic E-state index is -0.509. The topological polar surface area (TPSA) is 43.1 Å². The highest BCUT2D eigenvalue weighted by molar-refractivity contribution is 6.67. The molecule has 0 spiro atoms. The maximum absolute atomic E-state index is 11.5. The third-order valence-electron chi connectivity index (χ3n) is 4.05. The smallest absolute Gasteiger partial charge is 0.252 e. The van der Waals surface area contributed by atoms with E-state index < -0.39 is 5.24 Å². The van der Waals surface area contributed by atoms with Gasteiger partial charge in [0, 0.05) is 22.3 Å². The Bertz CT molecular complexity index is 999. The summed E-state index contributed by atoms with van der Waals surface area (Å²) in [5, 5.41) is -0.509. The molecule has 0 atom stereocenters. The summed E-state index contributed by atoms with van der Waals surface area (Å²) < 4.78 is 6.11. The van der Waals surface area contributed by atoms with Gasteiger partial charge in [0.15, 0.2) is 5.76 Å². The molecule has 0 saturated heterocycles. The van der Waals surface area contributed by atoms with Crippen LogP contribution in [-0.2, 0) is 0 Å². The Hall–Kier alpha value is -3.17.